The molecule has 80 valence electrons. The first-order valence-electron chi connectivity index (χ1n) is 4.64. The van der Waals surface area contributed by atoms with E-state index in [1.54, 1.807) is 24.3 Å². The Balaban J connectivity index is 2.49. The summed E-state index contributed by atoms with van der Waals surface area (Å²) in [6.07, 6.45) is 1.96. The van der Waals surface area contributed by atoms with E-state index >= 15 is 0 Å². The molecule has 0 aliphatic rings. The van der Waals surface area contributed by atoms with Crippen LogP contribution < -0.4 is 0 Å². The van der Waals surface area contributed by atoms with Crippen LogP contribution in [0.15, 0.2) is 36.5 Å². The zero-order valence-corrected chi connectivity index (χ0v) is 8.29. The van der Waals surface area contributed by atoms with Gasteiger partial charge in [-0.25, -0.2) is 4.98 Å². The van der Waals surface area contributed by atoms with Gasteiger partial charge in [0.2, 0.25) is 0 Å². The lowest BCUT2D eigenvalue weighted by Crippen LogP contribution is -1.88. The summed E-state index contributed by atoms with van der Waals surface area (Å²) in [5, 5.41) is 18.8. The van der Waals surface area contributed by atoms with Crippen molar-refractivity contribution in [2.45, 2.75) is 0 Å². The van der Waals surface area contributed by atoms with Crippen molar-refractivity contribution in [2.75, 3.05) is 0 Å². The molecular formula is C12H9NO3. The Morgan fingerprint density at radius 2 is 1.94 bits per heavy atom. The lowest BCUT2D eigenvalue weighted by Gasteiger charge is -2.03. The molecule has 0 spiro atoms. The number of phenols is 1. The largest absolute Gasteiger partial charge is 0.508 e. The third-order valence-corrected chi connectivity index (χ3v) is 2.19. The fraction of sp³-hybridized carbons (Fsp3) is 0. The number of nitrogens with zero attached hydrogens (tertiary/aromatic N) is 1. The minimum Gasteiger partial charge on any atom is -0.508 e. The molecule has 1 aromatic carbocycles. The molecule has 2 N–H and O–H groups in total. The summed E-state index contributed by atoms with van der Waals surface area (Å²) in [6, 6.07) is 8.01. The van der Waals surface area contributed by atoms with Crippen molar-refractivity contribution in [3.05, 3.63) is 42.2 Å². The highest BCUT2D eigenvalue weighted by Crippen LogP contribution is 2.26. The Bertz CT molecular complexity index is 538. The van der Waals surface area contributed by atoms with Gasteiger partial charge in [0.05, 0.1) is 0 Å². The maximum Gasteiger partial charge on any atom is 0.172 e. The van der Waals surface area contributed by atoms with Crippen molar-refractivity contribution < 1.29 is 15.0 Å². The molecule has 0 fully saturated rings. The van der Waals surface area contributed by atoms with Crippen molar-refractivity contribution in [3.8, 4) is 22.6 Å². The number of aldehydes is 1. The quantitative estimate of drug-likeness (QED) is 0.751. The summed E-state index contributed by atoms with van der Waals surface area (Å²) in [4.78, 5) is 14.3. The molecular weight excluding hydrogens is 206 g/mol. The summed E-state index contributed by atoms with van der Waals surface area (Å²) in [7, 11) is 0. The van der Waals surface area contributed by atoms with Crippen LogP contribution in [0.1, 0.15) is 10.5 Å². The second-order valence-corrected chi connectivity index (χ2v) is 3.30. The van der Waals surface area contributed by atoms with E-state index in [-0.39, 0.29) is 17.2 Å². The van der Waals surface area contributed by atoms with E-state index in [4.69, 9.17) is 0 Å². The third kappa shape index (κ3) is 1.86. The van der Waals surface area contributed by atoms with E-state index in [1.165, 1.54) is 12.3 Å². The number of carbonyl (C=O) groups excluding carboxylic acids is 1. The first-order chi connectivity index (χ1) is 7.70. The highest BCUT2D eigenvalue weighted by Gasteiger charge is 2.05. The van der Waals surface area contributed by atoms with E-state index < -0.39 is 0 Å². The van der Waals surface area contributed by atoms with Gasteiger partial charge in [0.15, 0.2) is 6.29 Å². The van der Waals surface area contributed by atoms with Crippen molar-refractivity contribution in [3.63, 3.8) is 0 Å². The molecule has 0 bridgehead atoms. The Morgan fingerprint density at radius 1 is 1.12 bits per heavy atom. The fourth-order valence-corrected chi connectivity index (χ4v) is 1.40. The number of hydrogen-bond donors (Lipinski definition) is 2. The number of carbonyl (C=O) groups is 1. The van der Waals surface area contributed by atoms with Crippen LogP contribution in [0.2, 0.25) is 0 Å². The topological polar surface area (TPSA) is 70.4 Å². The van der Waals surface area contributed by atoms with Crippen LogP contribution in [0.4, 0.5) is 0 Å². The van der Waals surface area contributed by atoms with E-state index in [2.05, 4.69) is 4.98 Å². The molecule has 1 heterocycles. The molecule has 0 radical (unpaired) electrons. The van der Waals surface area contributed by atoms with Gasteiger partial charge >= 0.3 is 0 Å². The third-order valence-electron chi connectivity index (χ3n) is 2.19. The van der Waals surface area contributed by atoms with Crippen LogP contribution in [0, 0.1) is 0 Å². The zero-order valence-electron chi connectivity index (χ0n) is 8.29. The molecule has 4 nitrogen and oxygen atoms in total. The molecule has 0 saturated heterocycles. The van der Waals surface area contributed by atoms with Gasteiger partial charge < -0.3 is 10.2 Å². The standard InChI is InChI=1S/C12H9NO3/c14-7-11-12(16)5-9(6-13-11)8-2-1-3-10(15)4-8/h1-7,15-16H. The second kappa shape index (κ2) is 4.02. The van der Waals surface area contributed by atoms with Crippen molar-refractivity contribution in [1.29, 1.82) is 0 Å². The number of hydrogen-bond acceptors (Lipinski definition) is 4. The maximum absolute atomic E-state index is 10.5. The Morgan fingerprint density at radius 3 is 2.56 bits per heavy atom. The average Bonchev–Trinajstić information content (AvgIpc) is 2.29. The van der Waals surface area contributed by atoms with Crippen LogP contribution in [0.5, 0.6) is 11.5 Å². The van der Waals surface area contributed by atoms with E-state index in [0.29, 0.717) is 11.8 Å². The summed E-state index contributed by atoms with van der Waals surface area (Å²) < 4.78 is 0. The van der Waals surface area contributed by atoms with Gasteiger partial charge in [0.25, 0.3) is 0 Å². The van der Waals surface area contributed by atoms with Crippen LogP contribution in [0.3, 0.4) is 0 Å². The molecule has 0 amide bonds. The molecule has 0 aliphatic heterocycles. The smallest absolute Gasteiger partial charge is 0.172 e. The highest BCUT2D eigenvalue weighted by molar-refractivity contribution is 5.78. The highest BCUT2D eigenvalue weighted by atomic mass is 16.3. The normalized spacial score (nSPS) is 10.0. The molecule has 0 atom stereocenters. The summed E-state index contributed by atoms with van der Waals surface area (Å²) in [5.41, 5.74) is 1.36. The van der Waals surface area contributed by atoms with Crippen LogP contribution in [-0.4, -0.2) is 21.5 Å². The monoisotopic (exact) mass is 215 g/mol. The van der Waals surface area contributed by atoms with Gasteiger partial charge in [-0.05, 0) is 23.8 Å². The summed E-state index contributed by atoms with van der Waals surface area (Å²) in [6.45, 7) is 0. The molecule has 0 saturated carbocycles. The van der Waals surface area contributed by atoms with E-state index in [0.717, 1.165) is 5.56 Å². The first kappa shape index (κ1) is 10.2. The predicted molar refractivity (Wildman–Crippen MR) is 58.4 cm³/mol. The lowest BCUT2D eigenvalue weighted by atomic mass is 10.1. The molecule has 0 aliphatic carbocycles. The Hall–Kier alpha value is -2.36. The van der Waals surface area contributed by atoms with Gasteiger partial charge in [0.1, 0.15) is 17.2 Å². The molecule has 16 heavy (non-hydrogen) atoms. The zero-order chi connectivity index (χ0) is 11.5. The SMILES string of the molecule is O=Cc1ncc(-c2cccc(O)c2)cc1O. The van der Waals surface area contributed by atoms with Gasteiger partial charge in [-0.1, -0.05) is 12.1 Å². The van der Waals surface area contributed by atoms with Gasteiger partial charge in [-0.15, -0.1) is 0 Å². The number of aromatic nitrogens is 1. The summed E-state index contributed by atoms with van der Waals surface area (Å²) >= 11 is 0. The Labute approximate surface area is 91.8 Å². The minimum atomic E-state index is -0.171. The average molecular weight is 215 g/mol. The lowest BCUT2D eigenvalue weighted by molar-refractivity contribution is 0.111. The fourth-order valence-electron chi connectivity index (χ4n) is 1.40. The summed E-state index contributed by atoms with van der Waals surface area (Å²) in [5.74, 6) is -0.0349. The van der Waals surface area contributed by atoms with E-state index in [9.17, 15) is 15.0 Å². The minimum absolute atomic E-state index is 0.00361. The first-order valence-corrected chi connectivity index (χ1v) is 4.64. The molecule has 4 heteroatoms. The molecule has 0 unspecified atom stereocenters. The van der Waals surface area contributed by atoms with Gasteiger partial charge in [0, 0.05) is 11.8 Å². The molecule has 1 aromatic heterocycles. The molecule has 2 aromatic rings. The number of pyridine rings is 1. The van der Waals surface area contributed by atoms with Gasteiger partial charge in [-0.3, -0.25) is 4.79 Å². The number of phenolic OH excluding ortho intramolecular Hbond substituents is 1. The number of benzene rings is 1. The molecule has 2 rings (SSSR count). The van der Waals surface area contributed by atoms with Crippen LogP contribution >= 0.6 is 0 Å². The van der Waals surface area contributed by atoms with Crippen molar-refractivity contribution in [2.24, 2.45) is 0 Å². The van der Waals surface area contributed by atoms with Gasteiger partial charge in [-0.2, -0.15) is 0 Å². The second-order valence-electron chi connectivity index (χ2n) is 3.30. The van der Waals surface area contributed by atoms with Crippen LogP contribution in [-0.2, 0) is 0 Å². The predicted octanol–water partition coefficient (Wildman–Crippen LogP) is 1.97. The van der Waals surface area contributed by atoms with Crippen LogP contribution in [0.25, 0.3) is 11.1 Å². The van der Waals surface area contributed by atoms with Crippen molar-refractivity contribution >= 4 is 6.29 Å². The maximum atomic E-state index is 10.5. The Kier molecular flexibility index (Phi) is 2.55. The van der Waals surface area contributed by atoms with E-state index in [1.807, 2.05) is 0 Å². The number of rotatable bonds is 2. The van der Waals surface area contributed by atoms with Crippen molar-refractivity contribution in [1.82, 2.24) is 4.98 Å². The number of aromatic hydroxyl groups is 2.